The second kappa shape index (κ2) is 3.40. The summed E-state index contributed by atoms with van der Waals surface area (Å²) in [5, 5.41) is 20.8. The van der Waals surface area contributed by atoms with Gasteiger partial charge in [0.15, 0.2) is 11.6 Å². The first-order chi connectivity index (χ1) is 5.66. The van der Waals surface area contributed by atoms with Crippen LogP contribution < -0.4 is 5.32 Å². The first-order valence-electron chi connectivity index (χ1n) is 3.50. The quantitative estimate of drug-likeness (QED) is 0.581. The van der Waals surface area contributed by atoms with Crippen molar-refractivity contribution in [2.45, 2.75) is 6.54 Å². The Balaban J connectivity index is 3.14. The summed E-state index contributed by atoms with van der Waals surface area (Å²) >= 11 is 0. The molecule has 4 heteroatoms. The fourth-order valence-electron chi connectivity index (χ4n) is 0.944. The Morgan fingerprint density at radius 2 is 1.92 bits per heavy atom. The molecule has 12 heavy (non-hydrogen) atoms. The number of phenols is 2. The highest BCUT2D eigenvalue weighted by atomic mass is 19.1. The molecule has 0 saturated carbocycles. The van der Waals surface area contributed by atoms with E-state index in [2.05, 4.69) is 5.32 Å². The molecule has 0 atom stereocenters. The van der Waals surface area contributed by atoms with Crippen molar-refractivity contribution in [2.24, 2.45) is 0 Å². The summed E-state index contributed by atoms with van der Waals surface area (Å²) in [6.07, 6.45) is 0. The highest BCUT2D eigenvalue weighted by Crippen LogP contribution is 2.26. The second-order valence-corrected chi connectivity index (χ2v) is 2.43. The maximum Gasteiger partial charge on any atom is 0.172 e. The molecule has 0 spiro atoms. The van der Waals surface area contributed by atoms with Gasteiger partial charge in [-0.3, -0.25) is 0 Å². The number of benzene rings is 1. The third-order valence-corrected chi connectivity index (χ3v) is 1.55. The van der Waals surface area contributed by atoms with Crippen molar-refractivity contribution in [3.63, 3.8) is 0 Å². The van der Waals surface area contributed by atoms with Crippen LogP contribution in [0.4, 0.5) is 4.39 Å². The highest BCUT2D eigenvalue weighted by Gasteiger charge is 2.10. The van der Waals surface area contributed by atoms with Crippen LogP contribution in [-0.2, 0) is 6.54 Å². The number of rotatable bonds is 2. The van der Waals surface area contributed by atoms with E-state index in [4.69, 9.17) is 10.2 Å². The lowest BCUT2D eigenvalue weighted by molar-refractivity contribution is 0.411. The van der Waals surface area contributed by atoms with Gasteiger partial charge in [0.05, 0.1) is 0 Å². The van der Waals surface area contributed by atoms with Gasteiger partial charge in [-0.15, -0.1) is 0 Å². The molecule has 0 aliphatic heterocycles. The molecule has 0 radical (unpaired) electrons. The number of hydrogen-bond acceptors (Lipinski definition) is 3. The fourth-order valence-corrected chi connectivity index (χ4v) is 0.944. The van der Waals surface area contributed by atoms with E-state index in [9.17, 15) is 4.39 Å². The molecule has 3 nitrogen and oxygen atoms in total. The van der Waals surface area contributed by atoms with Crippen LogP contribution in [0.3, 0.4) is 0 Å². The van der Waals surface area contributed by atoms with Gasteiger partial charge in [-0.1, -0.05) is 0 Å². The summed E-state index contributed by atoms with van der Waals surface area (Å²) < 4.78 is 13.0. The molecule has 0 amide bonds. The predicted molar refractivity (Wildman–Crippen MR) is 42.5 cm³/mol. The second-order valence-electron chi connectivity index (χ2n) is 2.43. The monoisotopic (exact) mass is 171 g/mol. The number of hydrogen-bond donors (Lipinski definition) is 3. The van der Waals surface area contributed by atoms with Gasteiger partial charge in [0.2, 0.25) is 0 Å². The lowest BCUT2D eigenvalue weighted by Crippen LogP contribution is -2.07. The Morgan fingerprint density at radius 1 is 1.33 bits per heavy atom. The van der Waals surface area contributed by atoms with Gasteiger partial charge in [-0.05, 0) is 19.2 Å². The zero-order valence-electron chi connectivity index (χ0n) is 6.63. The van der Waals surface area contributed by atoms with E-state index in [-0.39, 0.29) is 17.9 Å². The van der Waals surface area contributed by atoms with Crippen molar-refractivity contribution < 1.29 is 14.6 Å². The van der Waals surface area contributed by atoms with Crippen LogP contribution in [0.25, 0.3) is 0 Å². The summed E-state index contributed by atoms with van der Waals surface area (Å²) in [6.45, 7) is 0.187. The minimum atomic E-state index is -0.774. The Hall–Kier alpha value is -1.29. The van der Waals surface area contributed by atoms with Crippen molar-refractivity contribution in [1.29, 1.82) is 0 Å². The Labute approximate surface area is 69.5 Å². The van der Waals surface area contributed by atoms with Crippen LogP contribution in [0.5, 0.6) is 11.5 Å². The van der Waals surface area contributed by atoms with E-state index in [1.165, 1.54) is 6.07 Å². The normalized spacial score (nSPS) is 10.2. The number of halogens is 1. The zero-order chi connectivity index (χ0) is 9.14. The molecule has 66 valence electrons. The van der Waals surface area contributed by atoms with Gasteiger partial charge < -0.3 is 15.5 Å². The maximum atomic E-state index is 13.0. The van der Waals surface area contributed by atoms with Crippen LogP contribution in [0.1, 0.15) is 5.56 Å². The molecule has 0 heterocycles. The van der Waals surface area contributed by atoms with Gasteiger partial charge >= 0.3 is 0 Å². The Morgan fingerprint density at radius 3 is 2.50 bits per heavy atom. The zero-order valence-corrected chi connectivity index (χ0v) is 6.63. The number of nitrogens with one attached hydrogen (secondary N) is 1. The standard InChI is InChI=1S/C8H10FNO2/c1-10-4-5-6(11)2-3-7(12)8(5)9/h2-3,10-12H,4H2,1H3. The first-order valence-corrected chi connectivity index (χ1v) is 3.50. The summed E-state index contributed by atoms with van der Waals surface area (Å²) in [5.41, 5.74) is 0.0810. The molecule has 1 rings (SSSR count). The molecule has 0 fully saturated rings. The van der Waals surface area contributed by atoms with Crippen LogP contribution >= 0.6 is 0 Å². The average molecular weight is 171 g/mol. The molecular formula is C8H10FNO2. The third kappa shape index (κ3) is 1.48. The van der Waals surface area contributed by atoms with Crippen molar-refractivity contribution in [3.8, 4) is 11.5 Å². The summed E-state index contributed by atoms with van der Waals surface area (Å²) in [4.78, 5) is 0. The van der Waals surface area contributed by atoms with Crippen molar-refractivity contribution in [2.75, 3.05) is 7.05 Å². The Bertz CT molecular complexity index is 289. The van der Waals surface area contributed by atoms with E-state index in [1.807, 2.05) is 0 Å². The maximum absolute atomic E-state index is 13.0. The van der Waals surface area contributed by atoms with E-state index in [0.29, 0.717) is 0 Å². The lowest BCUT2D eigenvalue weighted by Gasteiger charge is -2.05. The summed E-state index contributed by atoms with van der Waals surface area (Å²) in [5.74, 6) is -1.37. The molecular weight excluding hydrogens is 161 g/mol. The molecule has 0 unspecified atom stereocenters. The fraction of sp³-hybridized carbons (Fsp3) is 0.250. The average Bonchev–Trinajstić information content (AvgIpc) is 2.06. The van der Waals surface area contributed by atoms with Gasteiger partial charge in [0.1, 0.15) is 5.75 Å². The van der Waals surface area contributed by atoms with Gasteiger partial charge in [0.25, 0.3) is 0 Å². The van der Waals surface area contributed by atoms with Crippen LogP contribution in [0.2, 0.25) is 0 Å². The minimum Gasteiger partial charge on any atom is -0.508 e. The topological polar surface area (TPSA) is 52.5 Å². The SMILES string of the molecule is CNCc1c(O)ccc(O)c1F. The summed E-state index contributed by atoms with van der Waals surface area (Å²) in [6, 6.07) is 2.37. The van der Waals surface area contributed by atoms with Gasteiger partial charge in [0, 0.05) is 12.1 Å². The van der Waals surface area contributed by atoms with E-state index in [0.717, 1.165) is 6.07 Å². The minimum absolute atomic E-state index is 0.0810. The molecule has 1 aromatic carbocycles. The predicted octanol–water partition coefficient (Wildman–Crippen LogP) is 0.956. The van der Waals surface area contributed by atoms with E-state index >= 15 is 0 Å². The molecule has 0 bridgehead atoms. The molecule has 0 aliphatic rings. The van der Waals surface area contributed by atoms with Crippen LogP contribution in [-0.4, -0.2) is 17.3 Å². The number of aromatic hydroxyl groups is 2. The van der Waals surface area contributed by atoms with Gasteiger partial charge in [-0.25, -0.2) is 4.39 Å². The van der Waals surface area contributed by atoms with Gasteiger partial charge in [-0.2, -0.15) is 0 Å². The highest BCUT2D eigenvalue weighted by molar-refractivity contribution is 5.40. The molecule has 1 aromatic rings. The molecule has 3 N–H and O–H groups in total. The lowest BCUT2D eigenvalue weighted by atomic mass is 10.1. The molecule has 0 aliphatic carbocycles. The smallest absolute Gasteiger partial charge is 0.172 e. The largest absolute Gasteiger partial charge is 0.508 e. The van der Waals surface area contributed by atoms with Crippen LogP contribution in [0, 0.1) is 5.82 Å². The Kier molecular flexibility index (Phi) is 2.50. The van der Waals surface area contributed by atoms with Crippen molar-refractivity contribution in [3.05, 3.63) is 23.5 Å². The van der Waals surface area contributed by atoms with Crippen LogP contribution in [0.15, 0.2) is 12.1 Å². The number of phenolic OH excluding ortho intramolecular Hbond substituents is 2. The first kappa shape index (κ1) is 8.80. The summed E-state index contributed by atoms with van der Waals surface area (Å²) in [7, 11) is 1.63. The van der Waals surface area contributed by atoms with E-state index < -0.39 is 11.6 Å². The molecule has 0 saturated heterocycles. The van der Waals surface area contributed by atoms with Crippen molar-refractivity contribution in [1.82, 2.24) is 5.32 Å². The third-order valence-electron chi connectivity index (χ3n) is 1.55. The van der Waals surface area contributed by atoms with Crippen molar-refractivity contribution >= 4 is 0 Å². The van der Waals surface area contributed by atoms with E-state index in [1.54, 1.807) is 7.05 Å². The molecule has 0 aromatic heterocycles.